The normalized spacial score (nSPS) is 36.8. The molecule has 2 aliphatic rings. The molecule has 3 rings (SSSR count). The molecule has 1 aromatic carbocycles. The van der Waals surface area contributed by atoms with Crippen molar-refractivity contribution in [1.29, 1.82) is 0 Å². The molecule has 1 aliphatic carbocycles. The van der Waals surface area contributed by atoms with Crippen LogP contribution in [0.4, 0.5) is 0 Å². The Labute approximate surface area is 79.2 Å². The number of rotatable bonds is 1. The summed E-state index contributed by atoms with van der Waals surface area (Å²) < 4.78 is 0. The maximum absolute atomic E-state index is 3.47. The molecule has 1 heterocycles. The molecule has 2 atom stereocenters. The third kappa shape index (κ3) is 1.11. The van der Waals surface area contributed by atoms with Crippen molar-refractivity contribution >= 4 is 0 Å². The van der Waals surface area contributed by atoms with Gasteiger partial charge in [-0.1, -0.05) is 30.3 Å². The van der Waals surface area contributed by atoms with E-state index in [0.717, 1.165) is 5.92 Å². The fraction of sp³-hybridized carbons (Fsp3) is 0.500. The van der Waals surface area contributed by atoms with Gasteiger partial charge in [0.2, 0.25) is 0 Å². The van der Waals surface area contributed by atoms with Crippen LogP contribution in [0, 0.1) is 5.41 Å². The van der Waals surface area contributed by atoms with Crippen LogP contribution >= 0.6 is 0 Å². The Bertz CT molecular complexity index is 298. The van der Waals surface area contributed by atoms with Crippen molar-refractivity contribution in [3.8, 4) is 0 Å². The topological polar surface area (TPSA) is 12.0 Å². The van der Waals surface area contributed by atoms with Gasteiger partial charge in [0.1, 0.15) is 0 Å². The Morgan fingerprint density at radius 1 is 1.23 bits per heavy atom. The van der Waals surface area contributed by atoms with Crippen molar-refractivity contribution in [1.82, 2.24) is 5.32 Å². The highest BCUT2D eigenvalue weighted by atomic mass is 14.9. The number of hydrogen-bond donors (Lipinski definition) is 1. The summed E-state index contributed by atoms with van der Waals surface area (Å²) in [6, 6.07) is 11.0. The Morgan fingerprint density at radius 3 is 2.77 bits per heavy atom. The Morgan fingerprint density at radius 2 is 2.08 bits per heavy atom. The van der Waals surface area contributed by atoms with Crippen LogP contribution in [0.15, 0.2) is 30.3 Å². The van der Waals surface area contributed by atoms with Gasteiger partial charge >= 0.3 is 0 Å². The summed E-state index contributed by atoms with van der Waals surface area (Å²) in [7, 11) is 0. The molecule has 2 fully saturated rings. The molecule has 68 valence electrons. The van der Waals surface area contributed by atoms with Gasteiger partial charge < -0.3 is 5.32 Å². The molecule has 0 amide bonds. The lowest BCUT2D eigenvalue weighted by Crippen LogP contribution is -2.10. The summed E-state index contributed by atoms with van der Waals surface area (Å²) in [5, 5.41) is 3.47. The molecule has 0 radical (unpaired) electrons. The molecule has 0 bridgehead atoms. The van der Waals surface area contributed by atoms with Crippen LogP contribution in [0.3, 0.4) is 0 Å². The number of nitrogens with one attached hydrogen (secondary N) is 1. The second-order valence-electron chi connectivity index (χ2n) is 4.46. The second-order valence-corrected chi connectivity index (χ2v) is 4.46. The molecule has 1 heteroatoms. The zero-order chi connectivity index (χ0) is 8.73. The first-order valence-corrected chi connectivity index (χ1v) is 5.16. The molecule has 1 spiro atoms. The van der Waals surface area contributed by atoms with Crippen molar-refractivity contribution in [2.24, 2.45) is 5.41 Å². The average molecular weight is 173 g/mol. The molecule has 1 unspecified atom stereocenters. The van der Waals surface area contributed by atoms with Crippen molar-refractivity contribution < 1.29 is 0 Å². The first-order chi connectivity index (χ1) is 6.41. The summed E-state index contributed by atoms with van der Waals surface area (Å²) in [5.41, 5.74) is 2.20. The summed E-state index contributed by atoms with van der Waals surface area (Å²) in [4.78, 5) is 0. The van der Waals surface area contributed by atoms with Crippen molar-refractivity contribution in [2.75, 3.05) is 13.1 Å². The molecule has 1 aromatic rings. The Hall–Kier alpha value is -0.820. The molecular weight excluding hydrogens is 158 g/mol. The van der Waals surface area contributed by atoms with E-state index in [1.54, 1.807) is 5.56 Å². The number of hydrogen-bond acceptors (Lipinski definition) is 1. The van der Waals surface area contributed by atoms with Crippen molar-refractivity contribution in [2.45, 2.75) is 18.8 Å². The maximum atomic E-state index is 3.47. The van der Waals surface area contributed by atoms with E-state index in [1.165, 1.54) is 25.9 Å². The van der Waals surface area contributed by atoms with Gasteiger partial charge in [-0.15, -0.1) is 0 Å². The van der Waals surface area contributed by atoms with Crippen LogP contribution in [0.2, 0.25) is 0 Å². The monoisotopic (exact) mass is 173 g/mol. The minimum Gasteiger partial charge on any atom is -0.316 e. The Kier molecular flexibility index (Phi) is 1.50. The number of benzene rings is 1. The standard InChI is InChI=1S/C12H15N/c1-2-4-10(5-3-1)11-8-12(11)6-7-13-9-12/h1-5,11,13H,6-9H2/t11?,12-/m1/s1. The smallest absolute Gasteiger partial charge is 0.00144 e. The van der Waals surface area contributed by atoms with Gasteiger partial charge in [-0.25, -0.2) is 0 Å². The van der Waals surface area contributed by atoms with E-state index in [2.05, 4.69) is 35.6 Å². The summed E-state index contributed by atoms with van der Waals surface area (Å²) in [6.07, 6.45) is 2.79. The summed E-state index contributed by atoms with van der Waals surface area (Å²) in [6.45, 7) is 2.47. The van der Waals surface area contributed by atoms with Crippen LogP contribution in [0.5, 0.6) is 0 Å². The largest absolute Gasteiger partial charge is 0.316 e. The van der Waals surface area contributed by atoms with Crippen LogP contribution in [0.25, 0.3) is 0 Å². The predicted molar refractivity (Wildman–Crippen MR) is 53.7 cm³/mol. The van der Waals surface area contributed by atoms with Crippen LogP contribution in [-0.4, -0.2) is 13.1 Å². The second kappa shape index (κ2) is 2.58. The molecule has 1 aliphatic heterocycles. The van der Waals surface area contributed by atoms with Gasteiger partial charge in [-0.05, 0) is 36.3 Å². The molecule has 13 heavy (non-hydrogen) atoms. The van der Waals surface area contributed by atoms with Crippen molar-refractivity contribution in [3.63, 3.8) is 0 Å². The Balaban J connectivity index is 1.83. The molecule has 1 saturated carbocycles. The van der Waals surface area contributed by atoms with Gasteiger partial charge in [-0.3, -0.25) is 0 Å². The first-order valence-electron chi connectivity index (χ1n) is 5.16. The quantitative estimate of drug-likeness (QED) is 0.686. The zero-order valence-corrected chi connectivity index (χ0v) is 7.79. The van der Waals surface area contributed by atoms with Crippen LogP contribution in [-0.2, 0) is 0 Å². The maximum Gasteiger partial charge on any atom is 0.00144 e. The third-order valence-electron chi connectivity index (χ3n) is 3.67. The highest BCUT2D eigenvalue weighted by Crippen LogP contribution is 2.62. The van der Waals surface area contributed by atoms with E-state index < -0.39 is 0 Å². The minimum atomic E-state index is 0.654. The lowest BCUT2D eigenvalue weighted by Gasteiger charge is -2.06. The lowest BCUT2D eigenvalue weighted by molar-refractivity contribution is 0.549. The van der Waals surface area contributed by atoms with E-state index in [4.69, 9.17) is 0 Å². The van der Waals surface area contributed by atoms with Gasteiger partial charge in [-0.2, -0.15) is 0 Å². The lowest BCUT2D eigenvalue weighted by atomic mass is 9.98. The predicted octanol–water partition coefficient (Wildman–Crippen LogP) is 2.15. The van der Waals surface area contributed by atoms with Crippen LogP contribution in [0.1, 0.15) is 24.3 Å². The molecule has 1 N–H and O–H groups in total. The highest BCUT2D eigenvalue weighted by molar-refractivity contribution is 5.30. The highest BCUT2D eigenvalue weighted by Gasteiger charge is 2.55. The molecule has 1 nitrogen and oxygen atoms in total. The fourth-order valence-electron chi connectivity index (χ4n) is 2.74. The zero-order valence-electron chi connectivity index (χ0n) is 7.79. The molecular formula is C12H15N. The third-order valence-corrected chi connectivity index (χ3v) is 3.67. The minimum absolute atomic E-state index is 0.654. The average Bonchev–Trinajstić information content (AvgIpc) is 2.66. The van der Waals surface area contributed by atoms with E-state index in [9.17, 15) is 0 Å². The first kappa shape index (κ1) is 7.57. The summed E-state index contributed by atoms with van der Waals surface area (Å²) in [5.74, 6) is 0.851. The molecule has 1 saturated heterocycles. The van der Waals surface area contributed by atoms with Crippen molar-refractivity contribution in [3.05, 3.63) is 35.9 Å². The summed E-state index contributed by atoms with van der Waals surface area (Å²) >= 11 is 0. The van der Waals surface area contributed by atoms with E-state index in [-0.39, 0.29) is 0 Å². The van der Waals surface area contributed by atoms with Gasteiger partial charge in [0.05, 0.1) is 0 Å². The molecule has 0 aromatic heterocycles. The van der Waals surface area contributed by atoms with Gasteiger partial charge in [0.25, 0.3) is 0 Å². The SMILES string of the molecule is c1ccc(C2C[C@@]23CCNC3)cc1. The fourth-order valence-corrected chi connectivity index (χ4v) is 2.74. The van der Waals surface area contributed by atoms with Crippen LogP contribution < -0.4 is 5.32 Å². The van der Waals surface area contributed by atoms with E-state index in [1.807, 2.05) is 0 Å². The van der Waals surface area contributed by atoms with E-state index in [0.29, 0.717) is 5.41 Å². The van der Waals surface area contributed by atoms with Gasteiger partial charge in [0, 0.05) is 6.54 Å². The van der Waals surface area contributed by atoms with Gasteiger partial charge in [0.15, 0.2) is 0 Å². The van der Waals surface area contributed by atoms with E-state index >= 15 is 0 Å².